The van der Waals surface area contributed by atoms with E-state index in [9.17, 15) is 9.90 Å². The number of aryl methyl sites for hydroxylation is 1. The molecule has 0 spiro atoms. The number of aldehydes is 1. The molecule has 3 heteroatoms. The first-order chi connectivity index (χ1) is 6.92. The lowest BCUT2D eigenvalue weighted by Gasteiger charge is -2.18. The molecule has 0 bridgehead atoms. The van der Waals surface area contributed by atoms with Gasteiger partial charge in [-0.25, -0.2) is 0 Å². The fraction of sp³-hybridized carbons (Fsp3) is 0.417. The van der Waals surface area contributed by atoms with Crippen LogP contribution >= 0.6 is 0 Å². The summed E-state index contributed by atoms with van der Waals surface area (Å²) in [5.74, 6) is 0.512. The summed E-state index contributed by atoms with van der Waals surface area (Å²) < 4.78 is 5.37. The molecular formula is C12H16O3. The van der Waals surface area contributed by atoms with Crippen LogP contribution in [0.5, 0.6) is 5.75 Å². The maximum Gasteiger partial charge on any atom is 0.153 e. The molecule has 1 rings (SSSR count). The molecule has 0 aromatic heterocycles. The summed E-state index contributed by atoms with van der Waals surface area (Å²) in [4.78, 5) is 10.8. The summed E-state index contributed by atoms with van der Waals surface area (Å²) >= 11 is 0. The monoisotopic (exact) mass is 208 g/mol. The van der Waals surface area contributed by atoms with Gasteiger partial charge in [0.25, 0.3) is 0 Å². The Balaban J connectivity index is 2.81. The average Bonchev–Trinajstić information content (AvgIpc) is 2.14. The number of carbonyl (C=O) groups is 1. The average molecular weight is 208 g/mol. The fourth-order valence-electron chi connectivity index (χ4n) is 1.15. The van der Waals surface area contributed by atoms with Gasteiger partial charge in [0.1, 0.15) is 12.4 Å². The molecule has 1 aromatic rings. The standard InChI is InChI=1S/C12H16O3/c1-9-4-5-11(10(6-9)7-13)15-8-12(2,3)14/h4-7,14H,8H2,1-3H3. The second kappa shape index (κ2) is 4.45. The first kappa shape index (κ1) is 11.7. The zero-order chi connectivity index (χ0) is 11.5. The number of ether oxygens (including phenoxy) is 1. The van der Waals surface area contributed by atoms with Crippen molar-refractivity contribution in [2.75, 3.05) is 6.61 Å². The smallest absolute Gasteiger partial charge is 0.153 e. The van der Waals surface area contributed by atoms with Gasteiger partial charge in [-0.3, -0.25) is 4.79 Å². The summed E-state index contributed by atoms with van der Waals surface area (Å²) in [6.45, 7) is 5.38. The highest BCUT2D eigenvalue weighted by Crippen LogP contribution is 2.19. The van der Waals surface area contributed by atoms with Gasteiger partial charge in [0, 0.05) is 0 Å². The molecule has 0 aliphatic rings. The molecule has 0 amide bonds. The van der Waals surface area contributed by atoms with E-state index in [2.05, 4.69) is 0 Å². The molecule has 0 atom stereocenters. The van der Waals surface area contributed by atoms with Gasteiger partial charge in [0.15, 0.2) is 6.29 Å². The molecule has 0 fully saturated rings. The Kier molecular flexibility index (Phi) is 3.48. The molecular weight excluding hydrogens is 192 g/mol. The number of carbonyl (C=O) groups excluding carboxylic acids is 1. The molecule has 0 heterocycles. The quantitative estimate of drug-likeness (QED) is 0.769. The van der Waals surface area contributed by atoms with Crippen LogP contribution in [-0.4, -0.2) is 23.6 Å². The molecule has 1 aromatic carbocycles. The maximum absolute atomic E-state index is 10.8. The van der Waals surface area contributed by atoms with Gasteiger partial charge in [0.05, 0.1) is 11.2 Å². The van der Waals surface area contributed by atoms with E-state index in [0.717, 1.165) is 11.8 Å². The Morgan fingerprint density at radius 1 is 1.47 bits per heavy atom. The second-order valence-electron chi connectivity index (χ2n) is 4.26. The highest BCUT2D eigenvalue weighted by atomic mass is 16.5. The first-order valence-corrected chi connectivity index (χ1v) is 4.83. The van der Waals surface area contributed by atoms with Crippen molar-refractivity contribution in [1.29, 1.82) is 0 Å². The van der Waals surface area contributed by atoms with Crippen LogP contribution in [0.3, 0.4) is 0 Å². The SMILES string of the molecule is Cc1ccc(OCC(C)(C)O)c(C=O)c1. The zero-order valence-corrected chi connectivity index (χ0v) is 9.28. The van der Waals surface area contributed by atoms with Crippen LogP contribution in [0.4, 0.5) is 0 Å². The van der Waals surface area contributed by atoms with E-state index >= 15 is 0 Å². The van der Waals surface area contributed by atoms with Crippen LogP contribution in [0.25, 0.3) is 0 Å². The van der Waals surface area contributed by atoms with Crippen LogP contribution in [0.15, 0.2) is 18.2 Å². The summed E-state index contributed by atoms with van der Waals surface area (Å²) in [5, 5.41) is 9.48. The number of hydrogen-bond donors (Lipinski definition) is 1. The molecule has 0 aliphatic carbocycles. The predicted octanol–water partition coefficient (Wildman–Crippen LogP) is 1.96. The van der Waals surface area contributed by atoms with Crippen molar-refractivity contribution in [2.45, 2.75) is 26.4 Å². The number of rotatable bonds is 4. The Hall–Kier alpha value is -1.35. The van der Waals surface area contributed by atoms with Crippen molar-refractivity contribution >= 4 is 6.29 Å². The van der Waals surface area contributed by atoms with Crippen LogP contribution < -0.4 is 4.74 Å². The molecule has 3 nitrogen and oxygen atoms in total. The van der Waals surface area contributed by atoms with Crippen LogP contribution in [0.1, 0.15) is 29.8 Å². The van der Waals surface area contributed by atoms with Crippen molar-refractivity contribution < 1.29 is 14.6 Å². The Morgan fingerprint density at radius 2 is 2.13 bits per heavy atom. The van der Waals surface area contributed by atoms with Gasteiger partial charge in [0.2, 0.25) is 0 Å². The lowest BCUT2D eigenvalue weighted by atomic mass is 10.1. The third-order valence-electron chi connectivity index (χ3n) is 1.87. The lowest BCUT2D eigenvalue weighted by molar-refractivity contribution is 0.0282. The molecule has 1 N–H and O–H groups in total. The van der Waals surface area contributed by atoms with E-state index in [4.69, 9.17) is 4.74 Å². The molecule has 0 saturated heterocycles. The van der Waals surface area contributed by atoms with Gasteiger partial charge in [-0.1, -0.05) is 11.6 Å². The normalized spacial score (nSPS) is 11.2. The van der Waals surface area contributed by atoms with E-state index in [1.807, 2.05) is 13.0 Å². The van der Waals surface area contributed by atoms with Crippen molar-refractivity contribution in [3.8, 4) is 5.75 Å². The molecule has 82 valence electrons. The number of hydrogen-bond acceptors (Lipinski definition) is 3. The highest BCUT2D eigenvalue weighted by Gasteiger charge is 2.14. The highest BCUT2D eigenvalue weighted by molar-refractivity contribution is 5.79. The maximum atomic E-state index is 10.8. The third kappa shape index (κ3) is 3.72. The molecule has 0 unspecified atom stereocenters. The topological polar surface area (TPSA) is 46.5 Å². The summed E-state index contributed by atoms with van der Waals surface area (Å²) in [7, 11) is 0. The summed E-state index contributed by atoms with van der Waals surface area (Å²) in [6.07, 6.45) is 0.757. The minimum Gasteiger partial charge on any atom is -0.490 e. The minimum atomic E-state index is -0.898. The van der Waals surface area contributed by atoms with Gasteiger partial charge in [-0.2, -0.15) is 0 Å². The Morgan fingerprint density at radius 3 is 2.67 bits per heavy atom. The van der Waals surface area contributed by atoms with Gasteiger partial charge < -0.3 is 9.84 Å². The molecule has 15 heavy (non-hydrogen) atoms. The van der Waals surface area contributed by atoms with Crippen LogP contribution in [0, 0.1) is 6.92 Å². The second-order valence-corrected chi connectivity index (χ2v) is 4.26. The lowest BCUT2D eigenvalue weighted by Crippen LogP contribution is -2.28. The van der Waals surface area contributed by atoms with Gasteiger partial charge >= 0.3 is 0 Å². The van der Waals surface area contributed by atoms with Crippen molar-refractivity contribution in [1.82, 2.24) is 0 Å². The van der Waals surface area contributed by atoms with Crippen molar-refractivity contribution in [3.63, 3.8) is 0 Å². The zero-order valence-electron chi connectivity index (χ0n) is 9.28. The minimum absolute atomic E-state index is 0.164. The summed E-state index contributed by atoms with van der Waals surface area (Å²) in [5.41, 5.74) is 0.623. The predicted molar refractivity (Wildman–Crippen MR) is 58.4 cm³/mol. The molecule has 0 radical (unpaired) electrons. The van der Waals surface area contributed by atoms with E-state index in [-0.39, 0.29) is 6.61 Å². The van der Waals surface area contributed by atoms with Crippen molar-refractivity contribution in [3.05, 3.63) is 29.3 Å². The van der Waals surface area contributed by atoms with Crippen LogP contribution in [0.2, 0.25) is 0 Å². The van der Waals surface area contributed by atoms with E-state index in [1.165, 1.54) is 0 Å². The van der Waals surface area contributed by atoms with E-state index < -0.39 is 5.60 Å². The third-order valence-corrected chi connectivity index (χ3v) is 1.87. The number of benzene rings is 1. The van der Waals surface area contributed by atoms with Gasteiger partial charge in [-0.05, 0) is 32.9 Å². The van der Waals surface area contributed by atoms with E-state index in [1.54, 1.807) is 26.0 Å². The Labute approximate surface area is 89.7 Å². The van der Waals surface area contributed by atoms with Crippen molar-refractivity contribution in [2.24, 2.45) is 0 Å². The molecule has 0 aliphatic heterocycles. The number of aliphatic hydroxyl groups is 1. The Bertz CT molecular complexity index is 350. The van der Waals surface area contributed by atoms with E-state index in [0.29, 0.717) is 11.3 Å². The largest absolute Gasteiger partial charge is 0.490 e. The summed E-state index contributed by atoms with van der Waals surface area (Å²) in [6, 6.07) is 5.37. The van der Waals surface area contributed by atoms with Gasteiger partial charge in [-0.15, -0.1) is 0 Å². The van der Waals surface area contributed by atoms with Crippen LogP contribution in [-0.2, 0) is 0 Å². The fourth-order valence-corrected chi connectivity index (χ4v) is 1.15. The molecule has 0 saturated carbocycles. The first-order valence-electron chi connectivity index (χ1n) is 4.83.